The Morgan fingerprint density at radius 3 is 2.86 bits per heavy atom. The molecule has 1 saturated heterocycles. The van der Waals surface area contributed by atoms with Crippen LogP contribution in [0.4, 0.5) is 0 Å². The first-order chi connectivity index (χ1) is 9.50. The van der Waals surface area contributed by atoms with Gasteiger partial charge in [0.25, 0.3) is 0 Å². The number of aliphatic imine (C=N–C) groups is 1. The molecule has 0 radical (unpaired) electrons. The second kappa shape index (κ2) is 8.21. The van der Waals surface area contributed by atoms with Gasteiger partial charge in [0, 0.05) is 37.1 Å². The molecule has 2 rings (SSSR count). The molecule has 1 aliphatic heterocycles. The molecule has 21 heavy (non-hydrogen) atoms. The van der Waals surface area contributed by atoms with E-state index in [2.05, 4.69) is 46.1 Å². The number of rotatable bonds is 3. The van der Waals surface area contributed by atoms with Crippen molar-refractivity contribution in [3.05, 3.63) is 11.7 Å². The highest BCUT2D eigenvalue weighted by molar-refractivity contribution is 14.0. The molecule has 6 nitrogen and oxygen atoms in total. The monoisotopic (exact) mass is 425 g/mol. The van der Waals surface area contributed by atoms with E-state index in [1.807, 2.05) is 11.8 Å². The zero-order chi connectivity index (χ0) is 14.6. The highest BCUT2D eigenvalue weighted by Gasteiger charge is 2.28. The van der Waals surface area contributed by atoms with Gasteiger partial charge in [-0.3, -0.25) is 0 Å². The van der Waals surface area contributed by atoms with Gasteiger partial charge >= 0.3 is 0 Å². The highest BCUT2D eigenvalue weighted by atomic mass is 127. The molecule has 1 aromatic rings. The Morgan fingerprint density at radius 2 is 2.29 bits per heavy atom. The molecule has 0 saturated carbocycles. The molecule has 1 fully saturated rings. The van der Waals surface area contributed by atoms with Gasteiger partial charge in [-0.05, 0) is 20.8 Å². The molecule has 1 aromatic heterocycles. The van der Waals surface area contributed by atoms with Crippen molar-refractivity contribution in [2.24, 2.45) is 4.99 Å². The van der Waals surface area contributed by atoms with Crippen molar-refractivity contribution in [2.45, 2.75) is 39.0 Å². The molecule has 0 spiro atoms. The predicted octanol–water partition coefficient (Wildman–Crippen LogP) is 2.29. The van der Waals surface area contributed by atoms with Crippen LogP contribution in [0.1, 0.15) is 32.5 Å². The first-order valence-corrected chi connectivity index (χ1v) is 7.95. The summed E-state index contributed by atoms with van der Waals surface area (Å²) >= 11 is 2.01. The van der Waals surface area contributed by atoms with Gasteiger partial charge in [-0.2, -0.15) is 16.7 Å². The summed E-state index contributed by atoms with van der Waals surface area (Å²) in [6.07, 6.45) is 0. The lowest BCUT2D eigenvalue weighted by Gasteiger charge is -2.39. The van der Waals surface area contributed by atoms with Crippen molar-refractivity contribution in [1.82, 2.24) is 20.4 Å². The van der Waals surface area contributed by atoms with Gasteiger partial charge in [0.05, 0.1) is 0 Å². The van der Waals surface area contributed by atoms with E-state index in [4.69, 9.17) is 4.52 Å². The quantitative estimate of drug-likeness (QED) is 0.456. The fourth-order valence-corrected chi connectivity index (χ4v) is 3.29. The summed E-state index contributed by atoms with van der Waals surface area (Å²) in [6.45, 7) is 11.7. The number of hydrogen-bond acceptors (Lipinski definition) is 5. The number of hydrogen-bond donors (Lipinski definition) is 1. The first kappa shape index (κ1) is 18.5. The minimum Gasteiger partial charge on any atom is -0.357 e. The molecule has 1 N–H and O–H groups in total. The SMILES string of the molecule is CCNC(=NCc1noc(C)n1)N1CCSC(C)(C)C1.I. The van der Waals surface area contributed by atoms with E-state index in [1.54, 1.807) is 6.92 Å². The molecule has 0 aliphatic carbocycles. The number of guanidine groups is 1. The van der Waals surface area contributed by atoms with E-state index >= 15 is 0 Å². The van der Waals surface area contributed by atoms with Crippen molar-refractivity contribution in [3.63, 3.8) is 0 Å². The molecule has 0 atom stereocenters. The smallest absolute Gasteiger partial charge is 0.223 e. The van der Waals surface area contributed by atoms with E-state index in [0.717, 1.165) is 31.3 Å². The van der Waals surface area contributed by atoms with E-state index in [-0.39, 0.29) is 28.7 Å². The summed E-state index contributed by atoms with van der Waals surface area (Å²) < 4.78 is 5.23. The van der Waals surface area contributed by atoms with Crippen molar-refractivity contribution in [3.8, 4) is 0 Å². The lowest BCUT2D eigenvalue weighted by atomic mass is 10.2. The summed E-state index contributed by atoms with van der Waals surface area (Å²) in [5.74, 6) is 3.27. The number of thioether (sulfide) groups is 1. The molecular weight excluding hydrogens is 401 g/mol. The average molecular weight is 425 g/mol. The number of halogens is 1. The third-order valence-electron chi connectivity index (χ3n) is 3.00. The Hall–Kier alpha value is -0.510. The standard InChI is InChI=1S/C13H23N5OS.HI/c1-5-14-12(15-8-11-16-10(2)19-17-11)18-6-7-20-13(3,4)9-18;/h5-9H2,1-4H3,(H,14,15);1H. The van der Waals surface area contributed by atoms with Crippen LogP contribution in [-0.2, 0) is 6.54 Å². The molecule has 0 bridgehead atoms. The maximum atomic E-state index is 4.97. The minimum atomic E-state index is 0. The molecule has 120 valence electrons. The van der Waals surface area contributed by atoms with Gasteiger partial charge in [0.1, 0.15) is 6.54 Å². The van der Waals surface area contributed by atoms with Gasteiger partial charge in [-0.15, -0.1) is 24.0 Å². The lowest BCUT2D eigenvalue weighted by molar-refractivity contribution is 0.374. The van der Waals surface area contributed by atoms with Crippen molar-refractivity contribution in [1.29, 1.82) is 0 Å². The van der Waals surface area contributed by atoms with E-state index in [0.29, 0.717) is 18.3 Å². The Labute approximate surface area is 147 Å². The van der Waals surface area contributed by atoms with Crippen LogP contribution in [0.2, 0.25) is 0 Å². The summed E-state index contributed by atoms with van der Waals surface area (Å²) in [6, 6.07) is 0. The van der Waals surface area contributed by atoms with Gasteiger partial charge < -0.3 is 14.7 Å². The predicted molar refractivity (Wildman–Crippen MR) is 97.4 cm³/mol. The lowest BCUT2D eigenvalue weighted by Crippen LogP contribution is -2.50. The molecule has 0 amide bonds. The van der Waals surface area contributed by atoms with Crippen LogP contribution in [0.25, 0.3) is 0 Å². The van der Waals surface area contributed by atoms with Crippen molar-refractivity contribution in [2.75, 3.05) is 25.4 Å². The second-order valence-corrected chi connectivity index (χ2v) is 7.23. The van der Waals surface area contributed by atoms with Crippen LogP contribution >= 0.6 is 35.7 Å². The number of nitrogens with zero attached hydrogens (tertiary/aromatic N) is 4. The van der Waals surface area contributed by atoms with Crippen LogP contribution < -0.4 is 5.32 Å². The Bertz CT molecular complexity index is 477. The Balaban J connectivity index is 0.00000220. The van der Waals surface area contributed by atoms with Crippen molar-refractivity contribution >= 4 is 41.7 Å². The first-order valence-electron chi connectivity index (χ1n) is 6.96. The summed E-state index contributed by atoms with van der Waals surface area (Å²) in [7, 11) is 0. The summed E-state index contributed by atoms with van der Waals surface area (Å²) in [4.78, 5) is 11.1. The maximum Gasteiger partial charge on any atom is 0.223 e. The van der Waals surface area contributed by atoms with Crippen LogP contribution in [0.5, 0.6) is 0 Å². The van der Waals surface area contributed by atoms with Gasteiger partial charge in [0.2, 0.25) is 5.89 Å². The van der Waals surface area contributed by atoms with Crippen LogP contribution in [0, 0.1) is 6.92 Å². The van der Waals surface area contributed by atoms with Gasteiger partial charge in [0.15, 0.2) is 11.8 Å². The van der Waals surface area contributed by atoms with Gasteiger partial charge in [-0.1, -0.05) is 5.16 Å². The van der Waals surface area contributed by atoms with Gasteiger partial charge in [-0.25, -0.2) is 4.99 Å². The highest BCUT2D eigenvalue weighted by Crippen LogP contribution is 2.29. The van der Waals surface area contributed by atoms with E-state index in [9.17, 15) is 0 Å². The van der Waals surface area contributed by atoms with Crippen LogP contribution in [0.15, 0.2) is 9.52 Å². The molecular formula is C13H24IN5OS. The largest absolute Gasteiger partial charge is 0.357 e. The third-order valence-corrected chi connectivity index (χ3v) is 4.30. The van der Waals surface area contributed by atoms with Crippen LogP contribution in [-0.4, -0.2) is 51.1 Å². The number of aromatic nitrogens is 2. The van der Waals surface area contributed by atoms with E-state index < -0.39 is 0 Å². The average Bonchev–Trinajstić information content (AvgIpc) is 2.79. The van der Waals surface area contributed by atoms with Crippen molar-refractivity contribution < 1.29 is 4.52 Å². The fourth-order valence-electron chi connectivity index (χ4n) is 2.17. The fraction of sp³-hybridized carbons (Fsp3) is 0.769. The zero-order valence-electron chi connectivity index (χ0n) is 13.0. The molecule has 1 aliphatic rings. The minimum absolute atomic E-state index is 0. The Kier molecular flexibility index (Phi) is 7.25. The summed E-state index contributed by atoms with van der Waals surface area (Å²) in [5.41, 5.74) is 0. The molecule has 2 heterocycles. The molecule has 0 unspecified atom stereocenters. The van der Waals surface area contributed by atoms with Crippen LogP contribution in [0.3, 0.4) is 0 Å². The molecule has 8 heteroatoms. The molecule has 0 aromatic carbocycles. The summed E-state index contributed by atoms with van der Waals surface area (Å²) in [5, 5.41) is 7.23. The van der Waals surface area contributed by atoms with E-state index in [1.165, 1.54) is 0 Å². The maximum absolute atomic E-state index is 4.97. The Morgan fingerprint density at radius 1 is 1.52 bits per heavy atom. The number of nitrogens with one attached hydrogen (secondary N) is 1. The zero-order valence-corrected chi connectivity index (χ0v) is 16.2. The second-order valence-electron chi connectivity index (χ2n) is 5.43. The normalized spacial score (nSPS) is 18.3. The topological polar surface area (TPSA) is 66.5 Å². The third kappa shape index (κ3) is 5.65. The number of aryl methyl sites for hydroxylation is 1.